The zero-order chi connectivity index (χ0) is 9.84. The van der Waals surface area contributed by atoms with E-state index in [2.05, 4.69) is 25.7 Å². The molecule has 0 amide bonds. The Balaban J connectivity index is 2.52. The highest BCUT2D eigenvalue weighted by molar-refractivity contribution is 4.88. The number of rotatable bonds is 4. The maximum atomic E-state index is 5.24. The van der Waals surface area contributed by atoms with Gasteiger partial charge in [0.05, 0.1) is 6.61 Å². The van der Waals surface area contributed by atoms with Crippen molar-refractivity contribution in [3.05, 3.63) is 0 Å². The van der Waals surface area contributed by atoms with E-state index in [0.717, 1.165) is 25.1 Å². The van der Waals surface area contributed by atoms with Crippen LogP contribution >= 0.6 is 0 Å². The number of likely N-dealkylation sites (N-methyl/N-ethyl adjacent to an activating group) is 1. The number of methoxy groups -OCH3 is 1. The Morgan fingerprint density at radius 3 is 2.54 bits per heavy atom. The van der Waals surface area contributed by atoms with Crippen LogP contribution in [0.3, 0.4) is 0 Å². The molecule has 1 saturated heterocycles. The molecule has 1 fully saturated rings. The maximum absolute atomic E-state index is 5.24. The predicted octanol–water partition coefficient (Wildman–Crippen LogP) is 2.14. The minimum atomic E-state index is 0.669. The lowest BCUT2D eigenvalue weighted by atomic mass is 10.0. The maximum Gasteiger partial charge on any atom is 0.0618 e. The lowest BCUT2D eigenvalue weighted by molar-refractivity contribution is 0.0887. The van der Waals surface area contributed by atoms with Gasteiger partial charge in [0.2, 0.25) is 0 Å². The van der Waals surface area contributed by atoms with Crippen molar-refractivity contribution in [1.29, 1.82) is 0 Å². The van der Waals surface area contributed by atoms with E-state index in [4.69, 9.17) is 4.74 Å². The Morgan fingerprint density at radius 1 is 1.38 bits per heavy atom. The first-order valence-corrected chi connectivity index (χ1v) is 5.45. The highest BCUT2D eigenvalue weighted by Crippen LogP contribution is 2.28. The molecule has 1 aliphatic rings. The summed E-state index contributed by atoms with van der Waals surface area (Å²) in [5.41, 5.74) is 0. The lowest BCUT2D eigenvalue weighted by Gasteiger charge is -2.30. The molecule has 0 aromatic carbocycles. The monoisotopic (exact) mass is 185 g/mol. The average molecular weight is 185 g/mol. The van der Waals surface area contributed by atoms with Gasteiger partial charge in [0, 0.05) is 19.2 Å². The fourth-order valence-electron chi connectivity index (χ4n) is 2.55. The summed E-state index contributed by atoms with van der Waals surface area (Å²) in [6, 6.07) is 1.45. The van der Waals surface area contributed by atoms with E-state index in [0.29, 0.717) is 6.04 Å². The Labute approximate surface area is 82.3 Å². The normalized spacial score (nSPS) is 30.2. The lowest BCUT2D eigenvalue weighted by Crippen LogP contribution is -2.40. The number of likely N-dealkylation sites (tertiary alicyclic amines) is 1. The Hall–Kier alpha value is -0.0800. The summed E-state index contributed by atoms with van der Waals surface area (Å²) in [6.45, 7) is 8.96. The van der Waals surface area contributed by atoms with Gasteiger partial charge in [0.1, 0.15) is 0 Å². The van der Waals surface area contributed by atoms with E-state index in [1.165, 1.54) is 12.8 Å². The largest absolute Gasteiger partial charge is 0.383 e. The van der Waals surface area contributed by atoms with Crippen molar-refractivity contribution < 1.29 is 4.74 Å². The summed E-state index contributed by atoms with van der Waals surface area (Å²) < 4.78 is 5.24. The fraction of sp³-hybridized carbons (Fsp3) is 1.00. The van der Waals surface area contributed by atoms with E-state index >= 15 is 0 Å². The van der Waals surface area contributed by atoms with E-state index in [-0.39, 0.29) is 0 Å². The highest BCUT2D eigenvalue weighted by Gasteiger charge is 2.33. The molecule has 1 aliphatic heterocycles. The predicted molar refractivity (Wildman–Crippen MR) is 55.9 cm³/mol. The summed E-state index contributed by atoms with van der Waals surface area (Å²) >= 11 is 0. The van der Waals surface area contributed by atoms with Crippen molar-refractivity contribution in [3.8, 4) is 0 Å². The summed E-state index contributed by atoms with van der Waals surface area (Å²) in [6.07, 6.45) is 2.66. The smallest absolute Gasteiger partial charge is 0.0618 e. The Morgan fingerprint density at radius 2 is 2.08 bits per heavy atom. The second-order valence-electron chi connectivity index (χ2n) is 4.33. The van der Waals surface area contributed by atoms with Crippen LogP contribution in [0.15, 0.2) is 0 Å². The van der Waals surface area contributed by atoms with Gasteiger partial charge in [0.25, 0.3) is 0 Å². The second-order valence-corrected chi connectivity index (χ2v) is 4.33. The molecule has 1 heterocycles. The molecule has 0 aromatic rings. The Bertz CT molecular complexity index is 147. The summed E-state index contributed by atoms with van der Waals surface area (Å²) in [5.74, 6) is 0.779. The van der Waals surface area contributed by atoms with Crippen LogP contribution in [-0.4, -0.2) is 37.2 Å². The fourth-order valence-corrected chi connectivity index (χ4v) is 2.55. The molecule has 13 heavy (non-hydrogen) atoms. The molecule has 0 aliphatic carbocycles. The zero-order valence-electron chi connectivity index (χ0n) is 9.42. The molecular weight excluding hydrogens is 162 g/mol. The summed E-state index contributed by atoms with van der Waals surface area (Å²) in [4.78, 5) is 2.61. The minimum absolute atomic E-state index is 0.669. The van der Waals surface area contributed by atoms with Crippen molar-refractivity contribution in [2.45, 2.75) is 45.7 Å². The van der Waals surface area contributed by atoms with Crippen LogP contribution in [0.2, 0.25) is 0 Å². The number of ether oxygens (including phenoxy) is 1. The van der Waals surface area contributed by atoms with Crippen LogP contribution in [0.25, 0.3) is 0 Å². The zero-order valence-corrected chi connectivity index (χ0v) is 9.42. The van der Waals surface area contributed by atoms with E-state index < -0.39 is 0 Å². The van der Waals surface area contributed by atoms with E-state index in [1.807, 2.05) is 0 Å². The van der Waals surface area contributed by atoms with Gasteiger partial charge in [-0.3, -0.25) is 4.90 Å². The van der Waals surface area contributed by atoms with Gasteiger partial charge < -0.3 is 4.74 Å². The van der Waals surface area contributed by atoms with Crippen molar-refractivity contribution in [1.82, 2.24) is 4.90 Å². The first kappa shape index (κ1) is 11.0. The number of hydrogen-bond donors (Lipinski definition) is 0. The van der Waals surface area contributed by atoms with Crippen LogP contribution < -0.4 is 0 Å². The average Bonchev–Trinajstić information content (AvgIpc) is 2.48. The molecule has 2 heteroatoms. The van der Waals surface area contributed by atoms with Gasteiger partial charge in [-0.25, -0.2) is 0 Å². The Kier molecular flexibility index (Phi) is 4.20. The molecule has 0 bridgehead atoms. The number of nitrogens with zero attached hydrogens (tertiary/aromatic N) is 1. The molecule has 0 radical (unpaired) electrons. The van der Waals surface area contributed by atoms with Gasteiger partial charge in [-0.1, -0.05) is 20.8 Å². The van der Waals surface area contributed by atoms with Crippen LogP contribution in [-0.2, 0) is 4.74 Å². The molecule has 78 valence electrons. The van der Waals surface area contributed by atoms with Crippen molar-refractivity contribution in [2.24, 2.45) is 5.92 Å². The SMILES string of the molecule is CCN1C(COC)CCC1C(C)C. The van der Waals surface area contributed by atoms with Crippen molar-refractivity contribution >= 4 is 0 Å². The van der Waals surface area contributed by atoms with E-state index in [9.17, 15) is 0 Å². The number of hydrogen-bond acceptors (Lipinski definition) is 2. The second kappa shape index (κ2) is 4.97. The van der Waals surface area contributed by atoms with E-state index in [1.54, 1.807) is 7.11 Å². The summed E-state index contributed by atoms with van der Waals surface area (Å²) in [7, 11) is 1.80. The van der Waals surface area contributed by atoms with Crippen LogP contribution in [0.4, 0.5) is 0 Å². The third-order valence-electron chi connectivity index (χ3n) is 3.18. The molecule has 0 aromatic heterocycles. The molecule has 0 saturated carbocycles. The van der Waals surface area contributed by atoms with Crippen molar-refractivity contribution in [3.63, 3.8) is 0 Å². The minimum Gasteiger partial charge on any atom is -0.383 e. The third-order valence-corrected chi connectivity index (χ3v) is 3.18. The van der Waals surface area contributed by atoms with Gasteiger partial charge in [-0.05, 0) is 25.3 Å². The third kappa shape index (κ3) is 2.44. The van der Waals surface area contributed by atoms with Gasteiger partial charge >= 0.3 is 0 Å². The standard InChI is InChI=1S/C11H23NO/c1-5-12-10(8-13-4)6-7-11(12)9(2)3/h9-11H,5-8H2,1-4H3. The molecule has 1 rings (SSSR count). The molecule has 0 spiro atoms. The molecule has 0 N–H and O–H groups in total. The van der Waals surface area contributed by atoms with Crippen LogP contribution in [0.5, 0.6) is 0 Å². The molecular formula is C11H23NO. The topological polar surface area (TPSA) is 12.5 Å². The molecule has 2 nitrogen and oxygen atoms in total. The first-order valence-electron chi connectivity index (χ1n) is 5.45. The van der Waals surface area contributed by atoms with Crippen LogP contribution in [0.1, 0.15) is 33.6 Å². The summed E-state index contributed by atoms with van der Waals surface area (Å²) in [5, 5.41) is 0. The van der Waals surface area contributed by atoms with Crippen LogP contribution in [0, 0.1) is 5.92 Å². The highest BCUT2D eigenvalue weighted by atomic mass is 16.5. The van der Waals surface area contributed by atoms with Gasteiger partial charge in [-0.15, -0.1) is 0 Å². The molecule has 2 unspecified atom stereocenters. The molecule has 2 atom stereocenters. The first-order chi connectivity index (χ1) is 6.20. The quantitative estimate of drug-likeness (QED) is 0.665. The van der Waals surface area contributed by atoms with Crippen molar-refractivity contribution in [2.75, 3.05) is 20.3 Å². The van der Waals surface area contributed by atoms with Gasteiger partial charge in [0.15, 0.2) is 0 Å². The van der Waals surface area contributed by atoms with Gasteiger partial charge in [-0.2, -0.15) is 0 Å².